The molecule has 0 unspecified atom stereocenters. The molecule has 27 heavy (non-hydrogen) atoms. The molecule has 3 rings (SSSR count). The van der Waals surface area contributed by atoms with E-state index < -0.39 is 11.7 Å². The summed E-state index contributed by atoms with van der Waals surface area (Å²) in [5, 5.41) is 2.70. The maximum absolute atomic E-state index is 12.6. The van der Waals surface area contributed by atoms with Crippen molar-refractivity contribution in [2.24, 2.45) is 0 Å². The van der Waals surface area contributed by atoms with Crippen molar-refractivity contribution >= 4 is 17.2 Å². The summed E-state index contributed by atoms with van der Waals surface area (Å²) in [4.78, 5) is 24.9. The molecule has 0 atom stereocenters. The molecule has 2 heterocycles. The fourth-order valence-corrected chi connectivity index (χ4v) is 3.09. The first kappa shape index (κ1) is 18.5. The molecule has 6 heteroatoms. The summed E-state index contributed by atoms with van der Waals surface area (Å²) in [5.74, 6) is 0.136. The minimum Gasteiger partial charge on any atom is -0.493 e. The van der Waals surface area contributed by atoms with E-state index in [0.29, 0.717) is 30.2 Å². The smallest absolute Gasteiger partial charge is 0.294 e. The minimum absolute atomic E-state index is 0.350. The number of aromatic nitrogens is 1. The fourth-order valence-electron chi connectivity index (χ4n) is 3.09. The van der Waals surface area contributed by atoms with Gasteiger partial charge in [0.05, 0.1) is 14.2 Å². The predicted octanol–water partition coefficient (Wildman–Crippen LogP) is 2.81. The van der Waals surface area contributed by atoms with Crippen LogP contribution in [-0.4, -0.2) is 36.9 Å². The van der Waals surface area contributed by atoms with Crippen LogP contribution in [0.4, 0.5) is 0 Å². The molecule has 1 amide bonds. The Balaban J connectivity index is 1.65. The summed E-state index contributed by atoms with van der Waals surface area (Å²) >= 11 is 0. The third-order valence-electron chi connectivity index (χ3n) is 4.44. The summed E-state index contributed by atoms with van der Waals surface area (Å²) in [6.45, 7) is 2.18. The molecule has 0 saturated heterocycles. The summed E-state index contributed by atoms with van der Waals surface area (Å²) in [6.07, 6.45) is 2.36. The average molecular weight is 366 g/mol. The SMILES string of the molecule is COc1ccc(CCNC(=O)C(=O)c2c(C)cc3ccccn23)cc1OC. The lowest BCUT2D eigenvalue weighted by molar-refractivity contribution is -0.117. The molecule has 0 radical (unpaired) electrons. The van der Waals surface area contributed by atoms with Crippen molar-refractivity contribution in [3.63, 3.8) is 0 Å². The maximum atomic E-state index is 12.6. The molecule has 0 spiro atoms. The third kappa shape index (κ3) is 3.79. The number of rotatable bonds is 7. The number of pyridine rings is 1. The second-order valence-corrected chi connectivity index (χ2v) is 6.20. The van der Waals surface area contributed by atoms with Gasteiger partial charge in [0.15, 0.2) is 11.5 Å². The number of amides is 1. The Morgan fingerprint density at radius 1 is 1.04 bits per heavy atom. The highest BCUT2D eigenvalue weighted by molar-refractivity contribution is 6.42. The monoisotopic (exact) mass is 366 g/mol. The molecular formula is C21H22N2O4. The second kappa shape index (κ2) is 7.95. The van der Waals surface area contributed by atoms with Crippen LogP contribution in [0, 0.1) is 6.92 Å². The Bertz CT molecular complexity index is 991. The quantitative estimate of drug-likeness (QED) is 0.516. The van der Waals surface area contributed by atoms with E-state index in [1.807, 2.05) is 49.4 Å². The number of nitrogens with one attached hydrogen (secondary N) is 1. The molecule has 0 saturated carbocycles. The van der Waals surface area contributed by atoms with E-state index in [4.69, 9.17) is 9.47 Å². The average Bonchev–Trinajstić information content (AvgIpc) is 3.02. The highest BCUT2D eigenvalue weighted by Gasteiger charge is 2.21. The molecule has 3 aromatic rings. The summed E-state index contributed by atoms with van der Waals surface area (Å²) in [5.41, 5.74) is 3.04. The molecule has 0 aliphatic heterocycles. The lowest BCUT2D eigenvalue weighted by Gasteiger charge is -2.10. The van der Waals surface area contributed by atoms with Crippen molar-refractivity contribution < 1.29 is 19.1 Å². The molecular weight excluding hydrogens is 344 g/mol. The molecule has 0 bridgehead atoms. The van der Waals surface area contributed by atoms with Gasteiger partial charge >= 0.3 is 0 Å². The van der Waals surface area contributed by atoms with Crippen LogP contribution in [0.15, 0.2) is 48.7 Å². The lowest BCUT2D eigenvalue weighted by atomic mass is 10.1. The van der Waals surface area contributed by atoms with Crippen LogP contribution in [0.1, 0.15) is 21.6 Å². The Labute approximate surface area is 157 Å². The van der Waals surface area contributed by atoms with Crippen molar-refractivity contribution in [3.8, 4) is 11.5 Å². The van der Waals surface area contributed by atoms with Crippen molar-refractivity contribution in [1.29, 1.82) is 0 Å². The Morgan fingerprint density at radius 2 is 1.81 bits per heavy atom. The first-order chi connectivity index (χ1) is 13.0. The summed E-state index contributed by atoms with van der Waals surface area (Å²) in [6, 6.07) is 13.1. The maximum Gasteiger partial charge on any atom is 0.294 e. The molecule has 140 valence electrons. The zero-order valence-corrected chi connectivity index (χ0v) is 15.6. The summed E-state index contributed by atoms with van der Waals surface area (Å²) < 4.78 is 12.2. The van der Waals surface area contributed by atoms with Gasteiger partial charge in [-0.1, -0.05) is 12.1 Å². The van der Waals surface area contributed by atoms with Gasteiger partial charge < -0.3 is 19.2 Å². The number of hydrogen-bond acceptors (Lipinski definition) is 4. The van der Waals surface area contributed by atoms with E-state index >= 15 is 0 Å². The topological polar surface area (TPSA) is 69.0 Å². The molecule has 1 N–H and O–H groups in total. The van der Waals surface area contributed by atoms with Crippen molar-refractivity contribution in [2.75, 3.05) is 20.8 Å². The van der Waals surface area contributed by atoms with Crippen molar-refractivity contribution in [2.45, 2.75) is 13.3 Å². The molecule has 0 fully saturated rings. The lowest BCUT2D eigenvalue weighted by Crippen LogP contribution is -2.33. The number of methoxy groups -OCH3 is 2. The number of carbonyl (C=O) groups is 2. The fraction of sp³-hybridized carbons (Fsp3) is 0.238. The van der Waals surface area contributed by atoms with Gasteiger partial charge in [-0.3, -0.25) is 9.59 Å². The number of aryl methyl sites for hydroxylation is 1. The Kier molecular flexibility index (Phi) is 5.45. The third-order valence-corrected chi connectivity index (χ3v) is 4.44. The van der Waals surface area contributed by atoms with Gasteiger partial charge in [-0.05, 0) is 54.8 Å². The zero-order chi connectivity index (χ0) is 19.4. The van der Waals surface area contributed by atoms with Gasteiger partial charge in [-0.2, -0.15) is 0 Å². The second-order valence-electron chi connectivity index (χ2n) is 6.20. The minimum atomic E-state index is -0.609. The van der Waals surface area contributed by atoms with Crippen LogP contribution in [0.3, 0.4) is 0 Å². The number of carbonyl (C=O) groups excluding carboxylic acids is 2. The number of nitrogens with zero attached hydrogens (tertiary/aromatic N) is 1. The number of Topliss-reactive ketones (excluding diaryl/α,β-unsaturated/α-hetero) is 1. The van der Waals surface area contributed by atoms with Crippen LogP contribution < -0.4 is 14.8 Å². The Hall–Kier alpha value is -3.28. The van der Waals surface area contributed by atoms with Gasteiger partial charge in [0.25, 0.3) is 11.7 Å². The molecule has 2 aromatic heterocycles. The van der Waals surface area contributed by atoms with Crippen LogP contribution in [0.5, 0.6) is 11.5 Å². The van der Waals surface area contributed by atoms with E-state index in [1.54, 1.807) is 24.8 Å². The highest BCUT2D eigenvalue weighted by Crippen LogP contribution is 2.27. The largest absolute Gasteiger partial charge is 0.493 e. The van der Waals surface area contributed by atoms with Crippen LogP contribution >= 0.6 is 0 Å². The van der Waals surface area contributed by atoms with E-state index in [1.165, 1.54) is 0 Å². The van der Waals surface area contributed by atoms with E-state index in [9.17, 15) is 9.59 Å². The molecule has 6 nitrogen and oxygen atoms in total. The first-order valence-corrected chi connectivity index (χ1v) is 8.65. The van der Waals surface area contributed by atoms with E-state index in [-0.39, 0.29) is 0 Å². The van der Waals surface area contributed by atoms with Crippen molar-refractivity contribution in [3.05, 3.63) is 65.5 Å². The number of ketones is 1. The summed E-state index contributed by atoms with van der Waals surface area (Å²) in [7, 11) is 3.16. The zero-order valence-electron chi connectivity index (χ0n) is 15.6. The van der Waals surface area contributed by atoms with Gasteiger partial charge in [0.1, 0.15) is 5.69 Å². The van der Waals surface area contributed by atoms with Gasteiger partial charge in [-0.25, -0.2) is 0 Å². The van der Waals surface area contributed by atoms with Gasteiger partial charge in [-0.15, -0.1) is 0 Å². The van der Waals surface area contributed by atoms with Gasteiger partial charge in [0, 0.05) is 18.3 Å². The number of benzene rings is 1. The highest BCUT2D eigenvalue weighted by atomic mass is 16.5. The molecule has 0 aliphatic rings. The van der Waals surface area contributed by atoms with Crippen LogP contribution in [-0.2, 0) is 11.2 Å². The number of fused-ring (bicyclic) bond motifs is 1. The molecule has 1 aromatic carbocycles. The van der Waals surface area contributed by atoms with E-state index in [0.717, 1.165) is 16.6 Å². The molecule has 0 aliphatic carbocycles. The van der Waals surface area contributed by atoms with Crippen LogP contribution in [0.2, 0.25) is 0 Å². The standard InChI is InChI=1S/C21H22N2O4/c1-14-12-16-6-4-5-11-23(16)19(14)20(24)21(25)22-10-9-15-7-8-17(26-2)18(13-15)27-3/h4-8,11-13H,9-10H2,1-3H3,(H,22,25). The van der Waals surface area contributed by atoms with E-state index in [2.05, 4.69) is 5.32 Å². The first-order valence-electron chi connectivity index (χ1n) is 8.65. The predicted molar refractivity (Wildman–Crippen MR) is 103 cm³/mol. The van der Waals surface area contributed by atoms with Crippen LogP contribution in [0.25, 0.3) is 5.52 Å². The normalized spacial score (nSPS) is 10.6. The number of hydrogen-bond donors (Lipinski definition) is 1. The van der Waals surface area contributed by atoms with Crippen molar-refractivity contribution in [1.82, 2.24) is 9.72 Å². The number of ether oxygens (including phenoxy) is 2. The Morgan fingerprint density at radius 3 is 2.56 bits per heavy atom. The van der Waals surface area contributed by atoms with Gasteiger partial charge in [0.2, 0.25) is 0 Å².